The fourth-order valence-corrected chi connectivity index (χ4v) is 3.42. The largest absolute Gasteiger partial charge is 0.494 e. The lowest BCUT2D eigenvalue weighted by molar-refractivity contribution is 0.303. The third-order valence-electron chi connectivity index (χ3n) is 4.75. The number of benzene rings is 3. The number of rotatable bonds is 6. The first-order valence-electron chi connectivity index (χ1n) is 8.90. The summed E-state index contributed by atoms with van der Waals surface area (Å²) in [6, 6.07) is 21.9. The predicted octanol–water partition coefficient (Wildman–Crippen LogP) is 4.67. The van der Waals surface area contributed by atoms with Crippen molar-refractivity contribution in [1.82, 2.24) is 4.90 Å². The van der Waals surface area contributed by atoms with Gasteiger partial charge in [0, 0.05) is 17.7 Å². The Morgan fingerprint density at radius 1 is 0.769 bits per heavy atom. The van der Waals surface area contributed by atoms with E-state index in [1.54, 1.807) is 4.90 Å². The molecule has 0 bridgehead atoms. The van der Waals surface area contributed by atoms with Gasteiger partial charge in [0.05, 0.1) is 6.61 Å². The van der Waals surface area contributed by atoms with Crippen molar-refractivity contribution in [2.24, 2.45) is 0 Å². The summed E-state index contributed by atoms with van der Waals surface area (Å²) in [5, 5.41) is 19.2. The molecule has 0 atom stereocenters. The molecule has 4 heteroatoms. The van der Waals surface area contributed by atoms with E-state index < -0.39 is 0 Å². The van der Waals surface area contributed by atoms with Gasteiger partial charge >= 0.3 is 0 Å². The molecule has 3 aromatic rings. The van der Waals surface area contributed by atoms with Crippen molar-refractivity contribution < 1.29 is 4.74 Å². The third kappa shape index (κ3) is 2.94. The standard InChI is InChI=1S/C22H21N3O/c23-21-19-13-12-16-8-4-5-11-18(16)20(19)22(24)25(21)14-6-7-15-26-17-9-2-1-3-10-17/h1-5,8-13,23-24H,6-7,14-15H2. The second kappa shape index (κ2) is 7.00. The van der Waals surface area contributed by atoms with Crippen LogP contribution in [0.15, 0.2) is 66.7 Å². The fourth-order valence-electron chi connectivity index (χ4n) is 3.42. The molecule has 130 valence electrons. The summed E-state index contributed by atoms with van der Waals surface area (Å²) in [5.41, 5.74) is 1.74. The van der Waals surface area contributed by atoms with Crippen molar-refractivity contribution in [1.29, 1.82) is 10.8 Å². The average molecular weight is 343 g/mol. The zero-order valence-corrected chi connectivity index (χ0v) is 14.5. The minimum Gasteiger partial charge on any atom is -0.494 e. The zero-order chi connectivity index (χ0) is 17.9. The maximum absolute atomic E-state index is 8.57. The van der Waals surface area contributed by atoms with Crippen LogP contribution in [-0.2, 0) is 0 Å². The van der Waals surface area contributed by atoms with Crippen molar-refractivity contribution in [3.05, 3.63) is 77.9 Å². The monoisotopic (exact) mass is 343 g/mol. The average Bonchev–Trinajstić information content (AvgIpc) is 2.93. The molecule has 0 aromatic heterocycles. The Kier molecular flexibility index (Phi) is 4.40. The number of nitrogens with one attached hydrogen (secondary N) is 2. The van der Waals surface area contributed by atoms with E-state index >= 15 is 0 Å². The molecule has 0 amide bonds. The first-order chi connectivity index (χ1) is 12.8. The number of unbranched alkanes of at least 4 members (excludes halogenated alkanes) is 1. The molecular weight excluding hydrogens is 322 g/mol. The number of nitrogens with zero attached hydrogens (tertiary/aromatic N) is 1. The zero-order valence-electron chi connectivity index (χ0n) is 14.5. The van der Waals surface area contributed by atoms with Crippen molar-refractivity contribution in [2.75, 3.05) is 13.2 Å². The first-order valence-corrected chi connectivity index (χ1v) is 8.90. The van der Waals surface area contributed by atoms with Crippen molar-refractivity contribution in [2.45, 2.75) is 12.8 Å². The summed E-state index contributed by atoms with van der Waals surface area (Å²) in [7, 11) is 0. The summed E-state index contributed by atoms with van der Waals surface area (Å²) in [4.78, 5) is 1.81. The van der Waals surface area contributed by atoms with Gasteiger partial charge in [-0.1, -0.05) is 48.5 Å². The summed E-state index contributed by atoms with van der Waals surface area (Å²) in [5.74, 6) is 1.75. The Morgan fingerprint density at radius 2 is 1.54 bits per heavy atom. The molecule has 0 fully saturated rings. The molecule has 1 heterocycles. The molecule has 1 aliphatic heterocycles. The van der Waals surface area contributed by atoms with Gasteiger partial charge in [0.25, 0.3) is 0 Å². The van der Waals surface area contributed by atoms with Crippen LogP contribution in [0.3, 0.4) is 0 Å². The van der Waals surface area contributed by atoms with Gasteiger partial charge < -0.3 is 9.64 Å². The molecule has 3 aromatic carbocycles. The SMILES string of the molecule is N=C1c2ccc3ccccc3c2C(=N)N1CCCCOc1ccccc1. The normalized spacial score (nSPS) is 13.3. The molecule has 0 unspecified atom stereocenters. The minimum atomic E-state index is 0.430. The highest BCUT2D eigenvalue weighted by Gasteiger charge is 2.30. The van der Waals surface area contributed by atoms with E-state index in [1.807, 2.05) is 60.7 Å². The van der Waals surface area contributed by atoms with Crippen LogP contribution in [0.25, 0.3) is 10.8 Å². The highest BCUT2D eigenvalue weighted by molar-refractivity contribution is 6.28. The van der Waals surface area contributed by atoms with Crippen LogP contribution in [0.4, 0.5) is 0 Å². The van der Waals surface area contributed by atoms with Gasteiger partial charge in [-0.05, 0) is 41.8 Å². The quantitative estimate of drug-likeness (QED) is 0.639. The van der Waals surface area contributed by atoms with Crippen LogP contribution in [0.5, 0.6) is 5.75 Å². The van der Waals surface area contributed by atoms with E-state index in [1.165, 1.54) is 0 Å². The molecule has 0 saturated carbocycles. The van der Waals surface area contributed by atoms with Crippen LogP contribution >= 0.6 is 0 Å². The second-order valence-corrected chi connectivity index (χ2v) is 6.43. The van der Waals surface area contributed by atoms with Crippen LogP contribution < -0.4 is 4.74 Å². The van der Waals surface area contributed by atoms with Gasteiger partial charge in [-0.3, -0.25) is 10.8 Å². The van der Waals surface area contributed by atoms with E-state index in [0.717, 1.165) is 40.5 Å². The number of hydrogen-bond acceptors (Lipinski definition) is 3. The van der Waals surface area contributed by atoms with Crippen molar-refractivity contribution >= 4 is 22.4 Å². The summed E-state index contributed by atoms with van der Waals surface area (Å²) < 4.78 is 5.72. The Labute approximate surface area is 153 Å². The smallest absolute Gasteiger partial charge is 0.135 e. The number of para-hydroxylation sites is 1. The maximum Gasteiger partial charge on any atom is 0.135 e. The number of ether oxygens (including phenoxy) is 1. The number of amidine groups is 2. The van der Waals surface area contributed by atoms with Gasteiger partial charge in [-0.25, -0.2) is 0 Å². The summed E-state index contributed by atoms with van der Waals surface area (Å²) >= 11 is 0. The van der Waals surface area contributed by atoms with E-state index in [4.69, 9.17) is 15.6 Å². The molecule has 0 aliphatic carbocycles. The van der Waals surface area contributed by atoms with Gasteiger partial charge in [0.1, 0.15) is 17.4 Å². The molecule has 0 spiro atoms. The van der Waals surface area contributed by atoms with E-state index in [9.17, 15) is 0 Å². The Hall–Kier alpha value is -3.14. The Morgan fingerprint density at radius 3 is 2.38 bits per heavy atom. The van der Waals surface area contributed by atoms with E-state index in [-0.39, 0.29) is 0 Å². The van der Waals surface area contributed by atoms with E-state index in [2.05, 4.69) is 6.07 Å². The van der Waals surface area contributed by atoms with Crippen LogP contribution in [0.2, 0.25) is 0 Å². The second-order valence-electron chi connectivity index (χ2n) is 6.43. The summed E-state index contributed by atoms with van der Waals surface area (Å²) in [6.07, 6.45) is 1.77. The highest BCUT2D eigenvalue weighted by Crippen LogP contribution is 2.30. The topological polar surface area (TPSA) is 60.2 Å². The van der Waals surface area contributed by atoms with Gasteiger partial charge in [0.2, 0.25) is 0 Å². The van der Waals surface area contributed by atoms with Crippen molar-refractivity contribution in [3.63, 3.8) is 0 Å². The molecule has 1 aliphatic rings. The Bertz CT molecular complexity index is 966. The first kappa shape index (κ1) is 16.3. The lowest BCUT2D eigenvalue weighted by atomic mass is 10.0. The summed E-state index contributed by atoms with van der Waals surface area (Å²) in [6.45, 7) is 1.31. The maximum atomic E-state index is 8.57. The fraction of sp³-hybridized carbons (Fsp3) is 0.182. The predicted molar refractivity (Wildman–Crippen MR) is 105 cm³/mol. The molecular formula is C22H21N3O. The molecule has 2 N–H and O–H groups in total. The Balaban J connectivity index is 1.40. The van der Waals surface area contributed by atoms with Gasteiger partial charge in [-0.15, -0.1) is 0 Å². The highest BCUT2D eigenvalue weighted by atomic mass is 16.5. The third-order valence-corrected chi connectivity index (χ3v) is 4.75. The number of fused-ring (bicyclic) bond motifs is 3. The van der Waals surface area contributed by atoms with Gasteiger partial charge in [-0.2, -0.15) is 0 Å². The van der Waals surface area contributed by atoms with Crippen LogP contribution in [0.1, 0.15) is 24.0 Å². The van der Waals surface area contributed by atoms with Gasteiger partial charge in [0.15, 0.2) is 0 Å². The molecule has 0 saturated heterocycles. The minimum absolute atomic E-state index is 0.430. The molecule has 0 radical (unpaired) electrons. The molecule has 4 rings (SSSR count). The van der Waals surface area contributed by atoms with Crippen molar-refractivity contribution in [3.8, 4) is 5.75 Å². The lowest BCUT2D eigenvalue weighted by Crippen LogP contribution is -2.31. The lowest BCUT2D eigenvalue weighted by Gasteiger charge is -2.18. The molecule has 26 heavy (non-hydrogen) atoms. The van der Waals surface area contributed by atoms with Crippen LogP contribution in [0, 0.1) is 10.8 Å². The number of hydrogen-bond donors (Lipinski definition) is 2. The molecule has 4 nitrogen and oxygen atoms in total. The van der Waals surface area contributed by atoms with Crippen LogP contribution in [-0.4, -0.2) is 29.7 Å². The van der Waals surface area contributed by atoms with E-state index in [0.29, 0.717) is 24.8 Å².